The maximum Gasteiger partial charge on any atom is 0.417 e. The Balaban J connectivity index is 2.71. The van der Waals surface area contributed by atoms with Crippen LogP contribution in [0.15, 0.2) is 18.3 Å². The largest absolute Gasteiger partial charge is 0.417 e. The van der Waals surface area contributed by atoms with Gasteiger partial charge in [-0.15, -0.1) is 0 Å². The summed E-state index contributed by atoms with van der Waals surface area (Å²) in [6.07, 6.45) is -2.69. The third-order valence-corrected chi connectivity index (χ3v) is 2.33. The van der Waals surface area contributed by atoms with E-state index in [-0.39, 0.29) is 11.5 Å². The summed E-state index contributed by atoms with van der Waals surface area (Å²) in [5.74, 6) is 0.167. The molecule has 0 bridgehead atoms. The van der Waals surface area contributed by atoms with E-state index in [2.05, 4.69) is 4.98 Å². The van der Waals surface area contributed by atoms with Crippen molar-refractivity contribution in [3.63, 3.8) is 0 Å². The fourth-order valence-electron chi connectivity index (χ4n) is 1.27. The fourth-order valence-corrected chi connectivity index (χ4v) is 1.27. The molecule has 0 saturated carbocycles. The molecule has 0 radical (unpaired) electrons. The van der Waals surface area contributed by atoms with E-state index in [9.17, 15) is 18.0 Å². The van der Waals surface area contributed by atoms with Gasteiger partial charge in [0.2, 0.25) is 0 Å². The molecule has 5 heteroatoms. The highest BCUT2D eigenvalue weighted by Gasteiger charge is 2.30. The van der Waals surface area contributed by atoms with Crippen molar-refractivity contribution in [2.24, 2.45) is 5.92 Å². The number of carbonyl (C=O) groups excluding carboxylic acids is 1. The Bertz CT molecular complexity index is 382. The van der Waals surface area contributed by atoms with Crippen molar-refractivity contribution in [2.75, 3.05) is 0 Å². The quantitative estimate of drug-likeness (QED) is 0.757. The Hall–Kier alpha value is -1.39. The summed E-state index contributed by atoms with van der Waals surface area (Å²) in [4.78, 5) is 15.1. The minimum Gasteiger partial charge on any atom is -0.292 e. The maximum atomic E-state index is 12.2. The van der Waals surface area contributed by atoms with E-state index in [1.165, 1.54) is 0 Å². The first-order chi connectivity index (χ1) is 7.80. The predicted octanol–water partition coefficient (Wildman–Crippen LogP) is 3.72. The number of nitrogens with zero attached hydrogens (tertiary/aromatic N) is 1. The van der Waals surface area contributed by atoms with E-state index < -0.39 is 11.7 Å². The van der Waals surface area contributed by atoms with Crippen LogP contribution >= 0.6 is 0 Å². The van der Waals surface area contributed by atoms with Gasteiger partial charge in [0, 0.05) is 12.6 Å². The van der Waals surface area contributed by atoms with Crippen LogP contribution in [0.4, 0.5) is 13.2 Å². The third kappa shape index (κ3) is 4.17. The van der Waals surface area contributed by atoms with Crippen molar-refractivity contribution in [2.45, 2.75) is 32.9 Å². The van der Waals surface area contributed by atoms with Gasteiger partial charge in [0.15, 0.2) is 5.78 Å². The molecule has 0 aliphatic carbocycles. The molecule has 94 valence electrons. The van der Waals surface area contributed by atoms with Gasteiger partial charge in [-0.3, -0.25) is 9.78 Å². The Labute approximate surface area is 97.9 Å². The van der Waals surface area contributed by atoms with Gasteiger partial charge >= 0.3 is 6.18 Å². The average molecular weight is 245 g/mol. The van der Waals surface area contributed by atoms with Gasteiger partial charge in [-0.05, 0) is 24.5 Å². The Kier molecular flexibility index (Phi) is 4.26. The lowest BCUT2D eigenvalue weighted by Gasteiger charge is -2.07. The van der Waals surface area contributed by atoms with Gasteiger partial charge < -0.3 is 0 Å². The van der Waals surface area contributed by atoms with Gasteiger partial charge in [0.05, 0.1) is 5.56 Å². The molecular weight excluding hydrogens is 231 g/mol. The van der Waals surface area contributed by atoms with Gasteiger partial charge in [0.25, 0.3) is 0 Å². The number of alkyl halides is 3. The number of pyridine rings is 1. The van der Waals surface area contributed by atoms with Crippen molar-refractivity contribution in [3.8, 4) is 0 Å². The van der Waals surface area contributed by atoms with Gasteiger partial charge in [-0.1, -0.05) is 13.8 Å². The minimum absolute atomic E-state index is 0.0960. The molecule has 17 heavy (non-hydrogen) atoms. The molecule has 0 aromatic carbocycles. The third-order valence-electron chi connectivity index (χ3n) is 2.33. The summed E-state index contributed by atoms with van der Waals surface area (Å²) in [6.45, 7) is 3.96. The molecule has 0 fully saturated rings. The highest BCUT2D eigenvalue weighted by Crippen LogP contribution is 2.28. The normalized spacial score (nSPS) is 11.9. The van der Waals surface area contributed by atoms with Crippen LogP contribution in [0.2, 0.25) is 0 Å². The standard InChI is InChI=1S/C12H14F3NO/c1-8(2)3-6-11(17)10-5-4-9(7-16-10)12(13,14)15/h4-5,7-8H,3,6H2,1-2H3. The van der Waals surface area contributed by atoms with E-state index in [1.54, 1.807) is 0 Å². The second-order valence-corrected chi connectivity index (χ2v) is 4.29. The van der Waals surface area contributed by atoms with E-state index in [4.69, 9.17) is 0 Å². The summed E-state index contributed by atoms with van der Waals surface area (Å²) >= 11 is 0. The average Bonchev–Trinajstić information content (AvgIpc) is 2.25. The van der Waals surface area contributed by atoms with Crippen molar-refractivity contribution < 1.29 is 18.0 Å². The predicted molar refractivity (Wildman–Crippen MR) is 57.6 cm³/mol. The summed E-state index contributed by atoms with van der Waals surface area (Å²) in [6, 6.07) is 2.01. The number of ketones is 1. The summed E-state index contributed by atoms with van der Waals surface area (Å²) in [5.41, 5.74) is -0.739. The van der Waals surface area contributed by atoms with Crippen molar-refractivity contribution in [1.29, 1.82) is 0 Å². The van der Waals surface area contributed by atoms with Crippen molar-refractivity contribution >= 4 is 5.78 Å². The van der Waals surface area contributed by atoms with Crippen LogP contribution in [0.5, 0.6) is 0 Å². The highest BCUT2D eigenvalue weighted by molar-refractivity contribution is 5.94. The number of rotatable bonds is 4. The number of hydrogen-bond donors (Lipinski definition) is 0. The SMILES string of the molecule is CC(C)CCC(=O)c1ccc(C(F)(F)F)cn1. The van der Waals surface area contributed by atoms with Crippen LogP contribution < -0.4 is 0 Å². The van der Waals surface area contributed by atoms with Gasteiger partial charge in [-0.2, -0.15) is 13.2 Å². The molecule has 2 nitrogen and oxygen atoms in total. The summed E-state index contributed by atoms with van der Waals surface area (Å²) in [5, 5.41) is 0. The molecule has 0 unspecified atom stereocenters. The molecule has 1 aromatic heterocycles. The van der Waals surface area contributed by atoms with E-state index in [1.807, 2.05) is 13.8 Å². The summed E-state index contributed by atoms with van der Waals surface area (Å²) < 4.78 is 36.7. The van der Waals surface area contributed by atoms with Gasteiger partial charge in [-0.25, -0.2) is 0 Å². The van der Waals surface area contributed by atoms with Crippen LogP contribution in [0.3, 0.4) is 0 Å². The lowest BCUT2D eigenvalue weighted by atomic mass is 10.0. The first-order valence-corrected chi connectivity index (χ1v) is 5.37. The molecule has 0 amide bonds. The highest BCUT2D eigenvalue weighted by atomic mass is 19.4. The topological polar surface area (TPSA) is 30.0 Å². The summed E-state index contributed by atoms with van der Waals surface area (Å²) in [7, 11) is 0. The second-order valence-electron chi connectivity index (χ2n) is 4.29. The zero-order chi connectivity index (χ0) is 13.1. The molecule has 0 N–H and O–H groups in total. The van der Waals surface area contributed by atoms with Crippen molar-refractivity contribution in [1.82, 2.24) is 4.98 Å². The molecule has 0 atom stereocenters. The molecular formula is C12H14F3NO. The lowest BCUT2D eigenvalue weighted by molar-refractivity contribution is -0.137. The molecule has 1 heterocycles. The Morgan fingerprint density at radius 3 is 2.41 bits per heavy atom. The number of Topliss-reactive ketones (excluding diaryl/α,β-unsaturated/α-hetero) is 1. The Morgan fingerprint density at radius 1 is 1.35 bits per heavy atom. The second kappa shape index (κ2) is 5.29. The van der Waals surface area contributed by atoms with Crippen LogP contribution in [0.25, 0.3) is 0 Å². The molecule has 0 aliphatic rings. The fraction of sp³-hybridized carbons (Fsp3) is 0.500. The number of aromatic nitrogens is 1. The molecule has 0 spiro atoms. The van der Waals surface area contributed by atoms with Crippen LogP contribution in [0.1, 0.15) is 42.7 Å². The number of halogens is 3. The molecule has 1 rings (SSSR count). The lowest BCUT2D eigenvalue weighted by Crippen LogP contribution is -2.08. The van der Waals surface area contributed by atoms with Crippen molar-refractivity contribution in [3.05, 3.63) is 29.6 Å². The first kappa shape index (κ1) is 13.7. The Morgan fingerprint density at radius 2 is 2.00 bits per heavy atom. The maximum absolute atomic E-state index is 12.2. The van der Waals surface area contributed by atoms with E-state index in [0.717, 1.165) is 12.1 Å². The van der Waals surface area contributed by atoms with Gasteiger partial charge in [0.1, 0.15) is 5.69 Å². The monoisotopic (exact) mass is 245 g/mol. The zero-order valence-electron chi connectivity index (χ0n) is 9.71. The molecule has 0 aliphatic heterocycles. The first-order valence-electron chi connectivity index (χ1n) is 5.37. The number of carbonyl (C=O) groups is 1. The zero-order valence-corrected chi connectivity index (χ0v) is 9.71. The van der Waals surface area contributed by atoms with Crippen LogP contribution in [0, 0.1) is 5.92 Å². The molecule has 1 aromatic rings. The van der Waals surface area contributed by atoms with E-state index in [0.29, 0.717) is 25.0 Å². The van der Waals surface area contributed by atoms with E-state index >= 15 is 0 Å². The minimum atomic E-state index is -4.41. The molecule has 0 saturated heterocycles. The smallest absolute Gasteiger partial charge is 0.292 e. The van der Waals surface area contributed by atoms with Crippen LogP contribution in [-0.4, -0.2) is 10.8 Å². The van der Waals surface area contributed by atoms with Crippen LogP contribution in [-0.2, 0) is 6.18 Å². The number of hydrogen-bond acceptors (Lipinski definition) is 2.